The van der Waals surface area contributed by atoms with Gasteiger partial charge in [-0.3, -0.25) is 4.79 Å². The summed E-state index contributed by atoms with van der Waals surface area (Å²) in [6.45, 7) is 7.12. The van der Waals surface area contributed by atoms with Crippen molar-refractivity contribution in [1.82, 2.24) is 0 Å². The average Bonchev–Trinajstić information content (AvgIpc) is 2.50. The molecule has 3 heteroatoms. The number of nitrogens with zero attached hydrogens (tertiary/aromatic N) is 1. The van der Waals surface area contributed by atoms with Crippen molar-refractivity contribution in [2.45, 2.75) is 27.3 Å². The van der Waals surface area contributed by atoms with Crippen LogP contribution in [0.15, 0.2) is 48.5 Å². The molecule has 1 N–H and O–H groups in total. The molecule has 2 aromatic carbocycles. The monoisotopic (exact) mass is 297 g/mol. The second kappa shape index (κ2) is 7.12. The molecule has 116 valence electrons. The topological polar surface area (TPSA) is 40.5 Å². The van der Waals surface area contributed by atoms with Crippen molar-refractivity contribution in [3.63, 3.8) is 0 Å². The van der Waals surface area contributed by atoms with Crippen LogP contribution in [-0.2, 0) is 11.3 Å². The number of hydrogen-bond acceptors (Lipinski definition) is 2. The second-order valence-electron chi connectivity index (χ2n) is 5.87. The maximum Gasteiger partial charge on any atom is 0.308 e. The zero-order valence-electron chi connectivity index (χ0n) is 13.4. The van der Waals surface area contributed by atoms with Crippen molar-refractivity contribution in [2.24, 2.45) is 5.92 Å². The molecule has 0 saturated heterocycles. The van der Waals surface area contributed by atoms with Crippen molar-refractivity contribution in [1.29, 1.82) is 0 Å². The lowest BCUT2D eigenvalue weighted by Crippen LogP contribution is -2.31. The minimum atomic E-state index is -0.762. The molecule has 22 heavy (non-hydrogen) atoms. The number of carbonyl (C=O) groups is 1. The van der Waals surface area contributed by atoms with E-state index < -0.39 is 11.9 Å². The maximum atomic E-state index is 11.2. The third kappa shape index (κ3) is 4.10. The number of carboxylic acid groups (broad SMARTS) is 1. The third-order valence-corrected chi connectivity index (χ3v) is 3.99. The zero-order valence-corrected chi connectivity index (χ0v) is 13.4. The lowest BCUT2D eigenvalue weighted by Gasteiger charge is -2.27. The fourth-order valence-corrected chi connectivity index (χ4v) is 2.40. The van der Waals surface area contributed by atoms with Gasteiger partial charge in [-0.25, -0.2) is 0 Å². The Balaban J connectivity index is 2.27. The summed E-state index contributed by atoms with van der Waals surface area (Å²) in [4.78, 5) is 13.4. The van der Waals surface area contributed by atoms with Crippen LogP contribution in [0.5, 0.6) is 0 Å². The third-order valence-electron chi connectivity index (χ3n) is 3.99. The van der Waals surface area contributed by atoms with Crippen LogP contribution in [0.25, 0.3) is 0 Å². The summed E-state index contributed by atoms with van der Waals surface area (Å²) in [5, 5.41) is 9.22. The Morgan fingerprint density at radius 3 is 2.36 bits per heavy atom. The lowest BCUT2D eigenvalue weighted by molar-refractivity contribution is -0.140. The van der Waals surface area contributed by atoms with Gasteiger partial charge in [0.25, 0.3) is 0 Å². The quantitative estimate of drug-likeness (QED) is 0.875. The van der Waals surface area contributed by atoms with Gasteiger partial charge >= 0.3 is 5.97 Å². The Bertz CT molecular complexity index is 637. The van der Waals surface area contributed by atoms with E-state index in [0.29, 0.717) is 13.1 Å². The van der Waals surface area contributed by atoms with Gasteiger partial charge in [0.15, 0.2) is 0 Å². The number of aryl methyl sites for hydroxylation is 2. The molecule has 0 aliphatic rings. The molecule has 0 fully saturated rings. The van der Waals surface area contributed by atoms with Crippen molar-refractivity contribution in [3.05, 3.63) is 65.2 Å². The molecule has 0 radical (unpaired) electrons. The molecule has 1 atom stereocenters. The van der Waals surface area contributed by atoms with E-state index in [2.05, 4.69) is 49.1 Å². The normalized spacial score (nSPS) is 12.0. The summed E-state index contributed by atoms with van der Waals surface area (Å²) in [6, 6.07) is 16.4. The first-order valence-electron chi connectivity index (χ1n) is 7.56. The molecule has 3 nitrogen and oxygen atoms in total. The van der Waals surface area contributed by atoms with Crippen LogP contribution < -0.4 is 4.90 Å². The van der Waals surface area contributed by atoms with E-state index in [-0.39, 0.29) is 0 Å². The molecule has 2 aromatic rings. The van der Waals surface area contributed by atoms with Gasteiger partial charge in [-0.05, 0) is 42.7 Å². The predicted molar refractivity (Wildman–Crippen MR) is 90.2 cm³/mol. The van der Waals surface area contributed by atoms with Crippen LogP contribution in [0.4, 0.5) is 5.69 Å². The van der Waals surface area contributed by atoms with Gasteiger partial charge in [-0.2, -0.15) is 0 Å². The molecule has 2 rings (SSSR count). The summed E-state index contributed by atoms with van der Waals surface area (Å²) < 4.78 is 0. The van der Waals surface area contributed by atoms with Crippen LogP contribution in [0.2, 0.25) is 0 Å². The Labute approximate surface area is 132 Å². The highest BCUT2D eigenvalue weighted by Crippen LogP contribution is 2.22. The van der Waals surface area contributed by atoms with Crippen molar-refractivity contribution < 1.29 is 9.90 Å². The fraction of sp³-hybridized carbons (Fsp3) is 0.316. The molecule has 1 unspecified atom stereocenters. The molecule has 0 saturated carbocycles. The highest BCUT2D eigenvalue weighted by Gasteiger charge is 2.17. The predicted octanol–water partition coefficient (Wildman–Crippen LogP) is 4.03. The first kappa shape index (κ1) is 16.1. The molecular weight excluding hydrogens is 274 g/mol. The molecule has 0 aromatic heterocycles. The highest BCUT2D eigenvalue weighted by atomic mass is 16.4. The van der Waals surface area contributed by atoms with Crippen LogP contribution >= 0.6 is 0 Å². The number of anilines is 1. The first-order valence-corrected chi connectivity index (χ1v) is 7.56. The van der Waals surface area contributed by atoms with Gasteiger partial charge in [-0.15, -0.1) is 0 Å². The lowest BCUT2D eigenvalue weighted by atomic mass is 10.1. The van der Waals surface area contributed by atoms with E-state index in [9.17, 15) is 9.90 Å². The largest absolute Gasteiger partial charge is 0.481 e. The summed E-state index contributed by atoms with van der Waals surface area (Å²) in [5.74, 6) is -1.17. The Kier molecular flexibility index (Phi) is 5.21. The van der Waals surface area contributed by atoms with E-state index in [1.54, 1.807) is 6.92 Å². The van der Waals surface area contributed by atoms with Crippen molar-refractivity contribution >= 4 is 11.7 Å². The summed E-state index contributed by atoms with van der Waals surface area (Å²) in [6.07, 6.45) is 0. The summed E-state index contributed by atoms with van der Waals surface area (Å²) in [7, 11) is 0. The average molecular weight is 297 g/mol. The van der Waals surface area contributed by atoms with Crippen molar-refractivity contribution in [3.8, 4) is 0 Å². The van der Waals surface area contributed by atoms with Gasteiger partial charge in [-0.1, -0.05) is 43.3 Å². The van der Waals surface area contributed by atoms with E-state index in [0.717, 1.165) is 5.69 Å². The first-order chi connectivity index (χ1) is 10.5. The van der Waals surface area contributed by atoms with Crippen LogP contribution in [-0.4, -0.2) is 17.6 Å². The zero-order chi connectivity index (χ0) is 16.1. The summed E-state index contributed by atoms with van der Waals surface area (Å²) >= 11 is 0. The van der Waals surface area contributed by atoms with E-state index >= 15 is 0 Å². The van der Waals surface area contributed by atoms with Crippen LogP contribution in [0, 0.1) is 19.8 Å². The fourth-order valence-electron chi connectivity index (χ4n) is 2.40. The van der Waals surface area contributed by atoms with Crippen LogP contribution in [0.1, 0.15) is 23.6 Å². The SMILES string of the molecule is Cc1ccc(N(Cc2ccccc2)CC(C)C(=O)O)cc1C. The van der Waals surface area contributed by atoms with Gasteiger partial charge in [0.05, 0.1) is 5.92 Å². The number of hydrogen-bond donors (Lipinski definition) is 1. The number of carboxylic acids is 1. The smallest absolute Gasteiger partial charge is 0.308 e. The molecule has 0 spiro atoms. The van der Waals surface area contributed by atoms with Gasteiger partial charge in [0.1, 0.15) is 0 Å². The summed E-state index contributed by atoms with van der Waals surface area (Å²) in [5.41, 5.74) is 4.71. The van der Waals surface area contributed by atoms with E-state index in [1.165, 1.54) is 16.7 Å². The van der Waals surface area contributed by atoms with Gasteiger partial charge in [0, 0.05) is 18.8 Å². The maximum absolute atomic E-state index is 11.2. The minimum Gasteiger partial charge on any atom is -0.481 e. The number of aliphatic carboxylic acids is 1. The second-order valence-corrected chi connectivity index (χ2v) is 5.87. The molecule has 0 amide bonds. The number of benzene rings is 2. The highest BCUT2D eigenvalue weighted by molar-refractivity contribution is 5.70. The molecular formula is C19H23NO2. The van der Waals surface area contributed by atoms with Crippen molar-refractivity contribution in [2.75, 3.05) is 11.4 Å². The minimum absolute atomic E-state index is 0.412. The number of rotatable bonds is 6. The van der Waals surface area contributed by atoms with E-state index in [4.69, 9.17) is 0 Å². The van der Waals surface area contributed by atoms with Gasteiger partial charge in [0.2, 0.25) is 0 Å². The Hall–Kier alpha value is -2.29. The van der Waals surface area contributed by atoms with Crippen LogP contribution in [0.3, 0.4) is 0 Å². The Morgan fingerprint density at radius 2 is 1.77 bits per heavy atom. The van der Waals surface area contributed by atoms with Gasteiger partial charge < -0.3 is 10.0 Å². The molecule has 0 bridgehead atoms. The van der Waals surface area contributed by atoms with E-state index in [1.807, 2.05) is 18.2 Å². The standard InChI is InChI=1S/C19H23NO2/c1-14-9-10-18(11-15(14)2)20(12-16(3)19(21)22)13-17-7-5-4-6-8-17/h4-11,16H,12-13H2,1-3H3,(H,21,22). The molecule has 0 heterocycles. The Morgan fingerprint density at radius 1 is 1.09 bits per heavy atom. The molecule has 0 aliphatic heterocycles. The molecule has 0 aliphatic carbocycles.